The molecule has 19 heavy (non-hydrogen) atoms. The van der Waals surface area contributed by atoms with E-state index in [2.05, 4.69) is 45.9 Å². The maximum atomic E-state index is 5.51. The van der Waals surface area contributed by atoms with Gasteiger partial charge < -0.3 is 14.6 Å². The van der Waals surface area contributed by atoms with Crippen LogP contribution in [0.4, 0.5) is 0 Å². The van der Waals surface area contributed by atoms with E-state index < -0.39 is 0 Å². The van der Waals surface area contributed by atoms with Gasteiger partial charge in [-0.05, 0) is 47.3 Å². The molecule has 102 valence electrons. The second-order valence-electron chi connectivity index (χ2n) is 5.28. The zero-order valence-corrected chi connectivity index (χ0v) is 13.2. The molecule has 0 unspecified atom stereocenters. The zero-order valence-electron chi connectivity index (χ0n) is 11.6. The largest absolute Gasteiger partial charge is 0.495 e. The summed E-state index contributed by atoms with van der Waals surface area (Å²) in [4.78, 5) is 0. The Morgan fingerprint density at radius 3 is 2.79 bits per heavy atom. The first kappa shape index (κ1) is 13.0. The molecule has 0 saturated heterocycles. The maximum Gasteiger partial charge on any atom is 0.143 e. The number of nitrogens with zero attached hydrogens (tertiary/aromatic N) is 1. The molecule has 1 N–H and O–H groups in total. The van der Waals surface area contributed by atoms with Gasteiger partial charge in [0.25, 0.3) is 0 Å². The van der Waals surface area contributed by atoms with Crippen molar-refractivity contribution in [3.05, 3.63) is 27.9 Å². The third-order valence-corrected chi connectivity index (χ3v) is 4.77. The van der Waals surface area contributed by atoms with Gasteiger partial charge in [-0.15, -0.1) is 0 Å². The van der Waals surface area contributed by atoms with Crippen LogP contribution in [0.15, 0.2) is 16.6 Å². The van der Waals surface area contributed by atoms with Gasteiger partial charge in [-0.1, -0.05) is 6.07 Å². The summed E-state index contributed by atoms with van der Waals surface area (Å²) in [7, 11) is 3.84. The van der Waals surface area contributed by atoms with Crippen LogP contribution in [0, 0.1) is 6.92 Å². The summed E-state index contributed by atoms with van der Waals surface area (Å²) in [5, 5.41) is 4.84. The standard InChI is InChI=1S/C15H19BrN2O/c1-9-4-7-12(19-3)15-13(9)14(16)11(18(15)2)8-17-10-5-6-10/h4,7,10,17H,5-6,8H2,1-3H3. The summed E-state index contributed by atoms with van der Waals surface area (Å²) in [6.07, 6.45) is 2.62. The number of ether oxygens (including phenoxy) is 1. The smallest absolute Gasteiger partial charge is 0.143 e. The van der Waals surface area contributed by atoms with Crippen molar-refractivity contribution in [1.82, 2.24) is 9.88 Å². The molecule has 0 amide bonds. The molecule has 1 fully saturated rings. The summed E-state index contributed by atoms with van der Waals surface area (Å²) in [6, 6.07) is 4.87. The molecule has 1 heterocycles. The molecule has 0 spiro atoms. The summed E-state index contributed by atoms with van der Waals surface area (Å²) >= 11 is 3.77. The number of benzene rings is 1. The lowest BCUT2D eigenvalue weighted by atomic mass is 10.1. The number of aryl methyl sites for hydroxylation is 2. The molecule has 1 aliphatic carbocycles. The van der Waals surface area contributed by atoms with Crippen molar-refractivity contribution < 1.29 is 4.74 Å². The van der Waals surface area contributed by atoms with Gasteiger partial charge in [0.2, 0.25) is 0 Å². The van der Waals surface area contributed by atoms with Crippen LogP contribution in [-0.2, 0) is 13.6 Å². The highest BCUT2D eigenvalue weighted by atomic mass is 79.9. The molecule has 3 rings (SSSR count). The molecule has 3 nitrogen and oxygen atoms in total. The number of rotatable bonds is 4. The van der Waals surface area contributed by atoms with Gasteiger partial charge in [-0.2, -0.15) is 0 Å². The van der Waals surface area contributed by atoms with E-state index in [0.29, 0.717) is 6.04 Å². The van der Waals surface area contributed by atoms with E-state index in [1.165, 1.54) is 39.5 Å². The predicted molar refractivity (Wildman–Crippen MR) is 81.8 cm³/mol. The number of methoxy groups -OCH3 is 1. The average molecular weight is 323 g/mol. The molecular weight excluding hydrogens is 304 g/mol. The molecule has 1 aliphatic rings. The highest BCUT2D eigenvalue weighted by molar-refractivity contribution is 9.10. The predicted octanol–water partition coefficient (Wildman–Crippen LogP) is 3.51. The van der Waals surface area contributed by atoms with Crippen molar-refractivity contribution >= 4 is 26.8 Å². The van der Waals surface area contributed by atoms with Crippen molar-refractivity contribution in [2.24, 2.45) is 7.05 Å². The van der Waals surface area contributed by atoms with Crippen LogP contribution < -0.4 is 10.1 Å². The Hall–Kier alpha value is -1.00. The number of halogens is 1. The van der Waals surface area contributed by atoms with E-state index in [1.807, 2.05) is 6.07 Å². The molecule has 0 atom stereocenters. The highest BCUT2D eigenvalue weighted by Crippen LogP contribution is 2.38. The molecule has 1 saturated carbocycles. The molecule has 0 bridgehead atoms. The quantitative estimate of drug-likeness (QED) is 0.932. The Kier molecular flexibility index (Phi) is 3.31. The van der Waals surface area contributed by atoms with Crippen LogP contribution in [0.3, 0.4) is 0 Å². The normalized spacial score (nSPS) is 15.2. The zero-order chi connectivity index (χ0) is 13.6. The number of nitrogens with one attached hydrogen (secondary N) is 1. The fraction of sp³-hybridized carbons (Fsp3) is 0.467. The van der Waals surface area contributed by atoms with E-state index in [9.17, 15) is 0 Å². The Morgan fingerprint density at radius 2 is 2.16 bits per heavy atom. The minimum absolute atomic E-state index is 0.716. The van der Waals surface area contributed by atoms with Crippen molar-refractivity contribution in [2.45, 2.75) is 32.4 Å². The van der Waals surface area contributed by atoms with E-state index >= 15 is 0 Å². The Morgan fingerprint density at radius 1 is 1.42 bits per heavy atom. The summed E-state index contributed by atoms with van der Waals surface area (Å²) in [5.41, 5.74) is 3.73. The molecule has 0 radical (unpaired) electrons. The van der Waals surface area contributed by atoms with E-state index in [0.717, 1.165) is 12.3 Å². The Balaban J connectivity index is 2.13. The first-order valence-electron chi connectivity index (χ1n) is 6.67. The Labute approximate surface area is 122 Å². The van der Waals surface area contributed by atoms with Gasteiger partial charge in [-0.3, -0.25) is 0 Å². The monoisotopic (exact) mass is 322 g/mol. The maximum absolute atomic E-state index is 5.51. The van der Waals surface area contributed by atoms with Gasteiger partial charge in [0.05, 0.1) is 12.6 Å². The minimum Gasteiger partial charge on any atom is -0.495 e. The number of hydrogen-bond acceptors (Lipinski definition) is 2. The molecule has 1 aromatic heterocycles. The van der Waals surface area contributed by atoms with E-state index in [4.69, 9.17) is 4.74 Å². The lowest BCUT2D eigenvalue weighted by molar-refractivity contribution is 0.417. The van der Waals surface area contributed by atoms with E-state index in [1.54, 1.807) is 7.11 Å². The van der Waals surface area contributed by atoms with Crippen LogP contribution in [0.25, 0.3) is 10.9 Å². The van der Waals surface area contributed by atoms with E-state index in [-0.39, 0.29) is 0 Å². The first-order valence-corrected chi connectivity index (χ1v) is 7.46. The molecule has 2 aromatic rings. The van der Waals surface area contributed by atoms with Crippen LogP contribution in [-0.4, -0.2) is 17.7 Å². The van der Waals surface area contributed by atoms with Crippen molar-refractivity contribution in [1.29, 1.82) is 0 Å². The third-order valence-electron chi connectivity index (χ3n) is 3.92. The van der Waals surface area contributed by atoms with Crippen molar-refractivity contribution in [3.8, 4) is 5.75 Å². The van der Waals surface area contributed by atoms with Crippen molar-refractivity contribution in [3.63, 3.8) is 0 Å². The minimum atomic E-state index is 0.716. The SMILES string of the molecule is COc1ccc(C)c2c(Br)c(CNC3CC3)n(C)c12. The van der Waals surface area contributed by atoms with Gasteiger partial charge in [-0.25, -0.2) is 0 Å². The molecule has 0 aliphatic heterocycles. The van der Waals surface area contributed by atoms with Crippen LogP contribution in [0.1, 0.15) is 24.1 Å². The lowest BCUT2D eigenvalue weighted by Crippen LogP contribution is -2.17. The average Bonchev–Trinajstić information content (AvgIpc) is 3.18. The molecule has 4 heteroatoms. The van der Waals surface area contributed by atoms with Gasteiger partial charge in [0.1, 0.15) is 5.75 Å². The number of hydrogen-bond donors (Lipinski definition) is 1. The van der Waals surface area contributed by atoms with Crippen molar-refractivity contribution in [2.75, 3.05) is 7.11 Å². The third kappa shape index (κ3) is 2.17. The van der Waals surface area contributed by atoms with Gasteiger partial charge in [0.15, 0.2) is 0 Å². The summed E-state index contributed by atoms with van der Waals surface area (Å²) in [6.45, 7) is 3.05. The summed E-state index contributed by atoms with van der Waals surface area (Å²) in [5.74, 6) is 0.932. The van der Waals surface area contributed by atoms with Crippen LogP contribution >= 0.6 is 15.9 Å². The van der Waals surface area contributed by atoms with Gasteiger partial charge in [0, 0.05) is 35.2 Å². The Bertz CT molecular complexity index is 629. The fourth-order valence-corrected chi connectivity index (χ4v) is 3.51. The second kappa shape index (κ2) is 4.84. The highest BCUT2D eigenvalue weighted by Gasteiger charge is 2.23. The molecule has 1 aromatic carbocycles. The summed E-state index contributed by atoms with van der Waals surface area (Å²) < 4.78 is 8.93. The van der Waals surface area contributed by atoms with Crippen LogP contribution in [0.5, 0.6) is 5.75 Å². The molecular formula is C15H19BrN2O. The van der Waals surface area contributed by atoms with Crippen LogP contribution in [0.2, 0.25) is 0 Å². The number of aromatic nitrogens is 1. The van der Waals surface area contributed by atoms with Gasteiger partial charge >= 0.3 is 0 Å². The topological polar surface area (TPSA) is 26.2 Å². The number of fused-ring (bicyclic) bond motifs is 1. The fourth-order valence-electron chi connectivity index (χ4n) is 2.60. The lowest BCUT2D eigenvalue weighted by Gasteiger charge is -2.08. The first-order chi connectivity index (χ1) is 9.13. The second-order valence-corrected chi connectivity index (χ2v) is 6.08.